The minimum absolute atomic E-state index is 0.110. The Bertz CT molecular complexity index is 1100. The van der Waals surface area contributed by atoms with Gasteiger partial charge >= 0.3 is 6.03 Å². The van der Waals surface area contributed by atoms with Crippen LogP contribution in [0.25, 0.3) is 0 Å². The van der Waals surface area contributed by atoms with Gasteiger partial charge in [-0.05, 0) is 42.3 Å². The van der Waals surface area contributed by atoms with Crippen molar-refractivity contribution in [3.05, 3.63) is 76.1 Å². The van der Waals surface area contributed by atoms with E-state index in [1.165, 1.54) is 17.0 Å². The van der Waals surface area contributed by atoms with Gasteiger partial charge in [-0.1, -0.05) is 48.0 Å². The molecule has 0 saturated carbocycles. The summed E-state index contributed by atoms with van der Waals surface area (Å²) >= 11 is 6.82. The first-order valence-corrected chi connectivity index (χ1v) is 10.9. The lowest BCUT2D eigenvalue weighted by molar-refractivity contribution is 0.253. The third-order valence-electron chi connectivity index (χ3n) is 4.10. The Morgan fingerprint density at radius 3 is 2.43 bits per heavy atom. The van der Waals surface area contributed by atoms with Gasteiger partial charge in [-0.2, -0.15) is 0 Å². The molecule has 0 unspecified atom stereocenters. The molecule has 3 aromatic rings. The summed E-state index contributed by atoms with van der Waals surface area (Å²) in [5.74, 6) is 0. The zero-order valence-electron chi connectivity index (χ0n) is 14.9. The molecular weight excluding hydrogens is 418 g/mol. The van der Waals surface area contributed by atoms with E-state index in [1.54, 1.807) is 25.1 Å². The number of carbonyl (C=O) groups excluding carboxylic acids is 1. The summed E-state index contributed by atoms with van der Waals surface area (Å²) in [6, 6.07) is 16.8. The van der Waals surface area contributed by atoms with Gasteiger partial charge in [-0.25, -0.2) is 13.2 Å². The van der Waals surface area contributed by atoms with Crippen molar-refractivity contribution in [1.82, 2.24) is 0 Å². The fraction of sp³-hybridized carbons (Fsp3) is 0.105. The number of rotatable bonds is 6. The molecule has 146 valence electrons. The number of amides is 2. The molecule has 3 rings (SSSR count). The van der Waals surface area contributed by atoms with Crippen molar-refractivity contribution < 1.29 is 13.2 Å². The average Bonchev–Trinajstić information content (AvgIpc) is 3.10. The second kappa shape index (κ2) is 8.22. The lowest BCUT2D eigenvalue weighted by atomic mass is 10.1. The van der Waals surface area contributed by atoms with Crippen molar-refractivity contribution >= 4 is 50.4 Å². The number of sulfonamides is 1. The number of benzene rings is 2. The van der Waals surface area contributed by atoms with Gasteiger partial charge in [0, 0.05) is 0 Å². The highest BCUT2D eigenvalue weighted by molar-refractivity contribution is 7.94. The van der Waals surface area contributed by atoms with Gasteiger partial charge in [0.05, 0.1) is 22.3 Å². The van der Waals surface area contributed by atoms with E-state index in [-0.39, 0.29) is 10.8 Å². The number of anilines is 2. The summed E-state index contributed by atoms with van der Waals surface area (Å²) in [5.41, 5.74) is 7.97. The fourth-order valence-electron chi connectivity index (χ4n) is 2.71. The molecule has 0 bridgehead atoms. The smallest absolute Gasteiger partial charge is 0.319 e. The van der Waals surface area contributed by atoms with Crippen molar-refractivity contribution in [2.75, 3.05) is 9.62 Å². The Hall–Kier alpha value is -2.55. The summed E-state index contributed by atoms with van der Waals surface area (Å²) in [6.45, 7) is 2.00. The third kappa shape index (κ3) is 4.46. The monoisotopic (exact) mass is 435 g/mol. The standard InChI is InChI=1S/C19H18ClN3O3S2/c1-13-15(22-28(25,26)18-11-10-17(20)27-18)8-5-9-16(13)23(19(21)24)12-14-6-3-2-4-7-14/h2-11,22H,12H2,1H3,(H2,21,24). The summed E-state index contributed by atoms with van der Waals surface area (Å²) in [4.78, 5) is 13.5. The zero-order chi connectivity index (χ0) is 20.3. The van der Waals surface area contributed by atoms with Crippen molar-refractivity contribution in [3.63, 3.8) is 0 Å². The molecule has 0 aliphatic heterocycles. The second-order valence-electron chi connectivity index (χ2n) is 6.02. The number of hydrogen-bond acceptors (Lipinski definition) is 4. The molecule has 1 heterocycles. The van der Waals surface area contributed by atoms with E-state index in [1.807, 2.05) is 30.3 Å². The zero-order valence-corrected chi connectivity index (χ0v) is 17.3. The van der Waals surface area contributed by atoms with Gasteiger partial charge in [0.25, 0.3) is 10.0 Å². The number of urea groups is 1. The van der Waals surface area contributed by atoms with Crippen LogP contribution in [-0.2, 0) is 16.6 Å². The molecule has 28 heavy (non-hydrogen) atoms. The minimum Gasteiger partial charge on any atom is -0.351 e. The highest BCUT2D eigenvalue weighted by Gasteiger charge is 2.21. The Kier molecular flexibility index (Phi) is 5.93. The Balaban J connectivity index is 1.94. The molecule has 0 saturated heterocycles. The largest absolute Gasteiger partial charge is 0.351 e. The van der Waals surface area contributed by atoms with E-state index in [0.717, 1.165) is 16.9 Å². The van der Waals surface area contributed by atoms with E-state index < -0.39 is 16.1 Å². The van der Waals surface area contributed by atoms with Gasteiger partial charge in [0.15, 0.2) is 0 Å². The molecular formula is C19H18ClN3O3S2. The maximum absolute atomic E-state index is 12.6. The third-order valence-corrected chi connectivity index (χ3v) is 7.19. The molecule has 9 heteroatoms. The molecule has 0 atom stereocenters. The van der Waals surface area contributed by atoms with Crippen molar-refractivity contribution in [1.29, 1.82) is 0 Å². The van der Waals surface area contributed by atoms with Crippen molar-refractivity contribution in [3.8, 4) is 0 Å². The normalized spacial score (nSPS) is 11.2. The summed E-state index contributed by atoms with van der Waals surface area (Å²) < 4.78 is 28.3. The Labute approximate surface area is 172 Å². The van der Waals surface area contributed by atoms with Gasteiger partial charge < -0.3 is 5.73 Å². The molecule has 0 aliphatic carbocycles. The predicted molar refractivity (Wildman–Crippen MR) is 114 cm³/mol. The van der Waals surface area contributed by atoms with Gasteiger partial charge in [0.1, 0.15) is 4.21 Å². The highest BCUT2D eigenvalue weighted by Crippen LogP contribution is 2.31. The fourth-order valence-corrected chi connectivity index (χ4v) is 5.32. The van der Waals surface area contributed by atoms with Crippen LogP contribution in [0.15, 0.2) is 64.9 Å². The van der Waals surface area contributed by atoms with Gasteiger partial charge in [0.2, 0.25) is 0 Å². The van der Waals surface area contributed by atoms with Crippen LogP contribution >= 0.6 is 22.9 Å². The van der Waals surface area contributed by atoms with Crippen LogP contribution in [0.3, 0.4) is 0 Å². The molecule has 0 fully saturated rings. The molecule has 0 spiro atoms. The SMILES string of the molecule is Cc1c(NS(=O)(=O)c2ccc(Cl)s2)cccc1N(Cc1ccccc1)C(N)=O. The lowest BCUT2D eigenvalue weighted by Gasteiger charge is -2.24. The lowest BCUT2D eigenvalue weighted by Crippen LogP contribution is -2.35. The van der Waals surface area contributed by atoms with Crippen LogP contribution in [0.4, 0.5) is 16.2 Å². The molecule has 0 aliphatic rings. The number of nitrogens with two attached hydrogens (primary N) is 1. The van der Waals surface area contributed by atoms with Crippen LogP contribution in [0.2, 0.25) is 4.34 Å². The first kappa shape index (κ1) is 20.2. The van der Waals surface area contributed by atoms with Crippen LogP contribution in [0, 0.1) is 6.92 Å². The number of nitrogens with one attached hydrogen (secondary N) is 1. The predicted octanol–water partition coefficient (Wildman–Crippen LogP) is 4.60. The maximum Gasteiger partial charge on any atom is 0.319 e. The number of halogens is 1. The summed E-state index contributed by atoms with van der Waals surface area (Å²) in [7, 11) is -3.79. The minimum atomic E-state index is -3.79. The van der Waals surface area contributed by atoms with Crippen LogP contribution in [0.5, 0.6) is 0 Å². The Morgan fingerprint density at radius 1 is 1.11 bits per heavy atom. The molecule has 6 nitrogen and oxygen atoms in total. The molecule has 1 aromatic heterocycles. The topological polar surface area (TPSA) is 92.5 Å². The van der Waals surface area contributed by atoms with E-state index >= 15 is 0 Å². The maximum atomic E-state index is 12.6. The van der Waals surface area contributed by atoms with E-state index in [2.05, 4.69) is 4.72 Å². The van der Waals surface area contributed by atoms with E-state index in [0.29, 0.717) is 21.3 Å². The molecule has 3 N–H and O–H groups in total. The highest BCUT2D eigenvalue weighted by atomic mass is 35.5. The van der Waals surface area contributed by atoms with Crippen LogP contribution in [0.1, 0.15) is 11.1 Å². The number of hydrogen-bond donors (Lipinski definition) is 2. The van der Waals surface area contributed by atoms with Crippen molar-refractivity contribution in [2.24, 2.45) is 5.73 Å². The van der Waals surface area contributed by atoms with E-state index in [9.17, 15) is 13.2 Å². The number of primary amides is 1. The first-order valence-electron chi connectivity index (χ1n) is 8.26. The van der Waals surface area contributed by atoms with Crippen molar-refractivity contribution in [2.45, 2.75) is 17.7 Å². The quantitative estimate of drug-likeness (QED) is 0.592. The molecule has 2 amide bonds. The number of thiophene rings is 1. The molecule has 0 radical (unpaired) electrons. The number of carbonyl (C=O) groups is 1. The Morgan fingerprint density at radius 2 is 1.82 bits per heavy atom. The van der Waals surface area contributed by atoms with Crippen LogP contribution < -0.4 is 15.4 Å². The summed E-state index contributed by atoms with van der Waals surface area (Å²) in [5, 5.41) is 0. The second-order valence-corrected chi connectivity index (χ2v) is 9.65. The van der Waals surface area contributed by atoms with Crippen LogP contribution in [-0.4, -0.2) is 14.4 Å². The average molecular weight is 436 g/mol. The first-order chi connectivity index (χ1) is 13.3. The summed E-state index contributed by atoms with van der Waals surface area (Å²) in [6.07, 6.45) is 0. The molecule has 2 aromatic carbocycles. The van der Waals surface area contributed by atoms with E-state index in [4.69, 9.17) is 17.3 Å². The number of nitrogens with zero attached hydrogens (tertiary/aromatic N) is 1. The van der Waals surface area contributed by atoms with Gasteiger partial charge in [-0.3, -0.25) is 9.62 Å². The van der Waals surface area contributed by atoms with Gasteiger partial charge in [-0.15, -0.1) is 11.3 Å².